The third kappa shape index (κ3) is 4.20. The molecule has 3 nitrogen and oxygen atoms in total. The molecule has 2 heterocycles. The number of pyridine rings is 1. The van der Waals surface area contributed by atoms with Crippen molar-refractivity contribution in [3.05, 3.63) is 23.4 Å². The quantitative estimate of drug-likeness (QED) is 0.904. The number of aryl methyl sites for hydroxylation is 1. The Morgan fingerprint density at radius 3 is 2.42 bits per heavy atom. The van der Waals surface area contributed by atoms with Gasteiger partial charge in [-0.2, -0.15) is 0 Å². The van der Waals surface area contributed by atoms with Crippen molar-refractivity contribution < 1.29 is 5.11 Å². The van der Waals surface area contributed by atoms with Gasteiger partial charge in [0.05, 0.1) is 6.61 Å². The fraction of sp³-hybridized carbons (Fsp3) is 0.688. The first-order chi connectivity index (χ1) is 9.33. The lowest BCUT2D eigenvalue weighted by atomic mass is 10.1. The number of rotatable bonds is 4. The summed E-state index contributed by atoms with van der Waals surface area (Å²) in [5.41, 5.74) is 2.11. The molecule has 0 atom stereocenters. The van der Waals surface area contributed by atoms with Gasteiger partial charge in [-0.3, -0.25) is 0 Å². The summed E-state index contributed by atoms with van der Waals surface area (Å²) in [6.07, 6.45) is 8.65. The maximum absolute atomic E-state index is 9.41. The molecule has 1 saturated heterocycles. The number of anilines is 1. The summed E-state index contributed by atoms with van der Waals surface area (Å²) in [4.78, 5) is 7.18. The van der Waals surface area contributed by atoms with E-state index in [1.807, 2.05) is 6.07 Å². The number of aliphatic hydroxyl groups is 1. The molecule has 0 radical (unpaired) electrons. The van der Waals surface area contributed by atoms with Gasteiger partial charge in [0.1, 0.15) is 5.82 Å². The average molecular weight is 262 g/mol. The maximum Gasteiger partial charge on any atom is 0.129 e. The van der Waals surface area contributed by atoms with E-state index in [2.05, 4.69) is 17.9 Å². The van der Waals surface area contributed by atoms with Crippen LogP contribution in [0.25, 0.3) is 0 Å². The molecule has 1 aliphatic heterocycles. The Morgan fingerprint density at radius 2 is 1.79 bits per heavy atom. The van der Waals surface area contributed by atoms with E-state index in [1.54, 1.807) is 0 Å². The van der Waals surface area contributed by atoms with Crippen molar-refractivity contribution in [2.45, 2.75) is 58.5 Å². The molecule has 0 saturated carbocycles. The van der Waals surface area contributed by atoms with Crippen LogP contribution in [-0.4, -0.2) is 23.2 Å². The second-order valence-corrected chi connectivity index (χ2v) is 5.49. The fourth-order valence-electron chi connectivity index (χ4n) is 2.75. The second-order valence-electron chi connectivity index (χ2n) is 5.49. The van der Waals surface area contributed by atoms with Gasteiger partial charge in [-0.05, 0) is 37.0 Å². The van der Waals surface area contributed by atoms with E-state index in [0.29, 0.717) is 0 Å². The first kappa shape index (κ1) is 14.3. The largest absolute Gasteiger partial charge is 0.392 e. The molecule has 0 aliphatic carbocycles. The molecule has 3 heteroatoms. The van der Waals surface area contributed by atoms with Gasteiger partial charge in [0.15, 0.2) is 0 Å². The van der Waals surface area contributed by atoms with Gasteiger partial charge < -0.3 is 10.0 Å². The van der Waals surface area contributed by atoms with Crippen LogP contribution in [0.15, 0.2) is 12.1 Å². The highest BCUT2D eigenvalue weighted by atomic mass is 16.3. The molecule has 0 bridgehead atoms. The molecule has 19 heavy (non-hydrogen) atoms. The lowest BCUT2D eigenvalue weighted by Gasteiger charge is -2.26. The topological polar surface area (TPSA) is 36.4 Å². The summed E-state index contributed by atoms with van der Waals surface area (Å²) in [5, 5.41) is 9.41. The number of hydrogen-bond donors (Lipinski definition) is 1. The normalized spacial score (nSPS) is 17.1. The molecular weight excluding hydrogens is 236 g/mol. The van der Waals surface area contributed by atoms with Crippen LogP contribution >= 0.6 is 0 Å². The Kier molecular flexibility index (Phi) is 5.64. The minimum atomic E-state index is 0.111. The number of aromatic nitrogens is 1. The van der Waals surface area contributed by atoms with E-state index in [-0.39, 0.29) is 6.61 Å². The zero-order chi connectivity index (χ0) is 13.5. The zero-order valence-corrected chi connectivity index (χ0v) is 12.1. The molecule has 1 N–H and O–H groups in total. The number of hydrogen-bond acceptors (Lipinski definition) is 3. The smallest absolute Gasteiger partial charge is 0.129 e. The van der Waals surface area contributed by atoms with E-state index in [0.717, 1.165) is 43.0 Å². The van der Waals surface area contributed by atoms with Crippen LogP contribution in [0.1, 0.15) is 56.7 Å². The monoisotopic (exact) mass is 262 g/mol. The van der Waals surface area contributed by atoms with Crippen LogP contribution in [0.3, 0.4) is 0 Å². The standard InChI is InChI=1S/C16H26N2O/c1-2-8-15-11-14(13-19)12-16(17-15)18-9-6-4-3-5-7-10-18/h11-12,19H,2-10,13H2,1H3. The Hall–Kier alpha value is -1.09. The third-order valence-corrected chi connectivity index (χ3v) is 3.79. The molecule has 1 fully saturated rings. The van der Waals surface area contributed by atoms with Crippen molar-refractivity contribution in [2.75, 3.05) is 18.0 Å². The van der Waals surface area contributed by atoms with Crippen LogP contribution in [0.4, 0.5) is 5.82 Å². The van der Waals surface area contributed by atoms with Crippen molar-refractivity contribution in [2.24, 2.45) is 0 Å². The molecule has 1 aromatic heterocycles. The first-order valence-electron chi connectivity index (χ1n) is 7.69. The predicted octanol–water partition coefficient (Wildman–Crippen LogP) is 3.30. The summed E-state index contributed by atoms with van der Waals surface area (Å²) in [6.45, 7) is 4.49. The highest BCUT2D eigenvalue weighted by Gasteiger charge is 2.12. The van der Waals surface area contributed by atoms with Gasteiger partial charge in [-0.25, -0.2) is 4.98 Å². The van der Waals surface area contributed by atoms with Gasteiger partial charge in [0, 0.05) is 18.8 Å². The lowest BCUT2D eigenvalue weighted by molar-refractivity contribution is 0.281. The van der Waals surface area contributed by atoms with Gasteiger partial charge in [-0.15, -0.1) is 0 Å². The van der Waals surface area contributed by atoms with Crippen molar-refractivity contribution >= 4 is 5.82 Å². The third-order valence-electron chi connectivity index (χ3n) is 3.79. The Bertz CT molecular complexity index is 384. The van der Waals surface area contributed by atoms with Gasteiger partial charge in [0.2, 0.25) is 0 Å². The Balaban J connectivity index is 2.17. The second kappa shape index (κ2) is 7.49. The molecule has 0 spiro atoms. The summed E-state index contributed by atoms with van der Waals surface area (Å²) in [6, 6.07) is 4.10. The van der Waals surface area contributed by atoms with Gasteiger partial charge >= 0.3 is 0 Å². The molecule has 2 rings (SSSR count). The molecule has 1 aliphatic rings. The van der Waals surface area contributed by atoms with E-state index in [1.165, 1.54) is 32.1 Å². The minimum absolute atomic E-state index is 0.111. The van der Waals surface area contributed by atoms with Crippen LogP contribution in [-0.2, 0) is 13.0 Å². The first-order valence-corrected chi connectivity index (χ1v) is 7.69. The average Bonchev–Trinajstić information content (AvgIpc) is 2.38. The van der Waals surface area contributed by atoms with Crippen molar-refractivity contribution in [3.63, 3.8) is 0 Å². The lowest BCUT2D eigenvalue weighted by Crippen LogP contribution is -2.28. The SMILES string of the molecule is CCCc1cc(CO)cc(N2CCCCCCC2)n1. The summed E-state index contributed by atoms with van der Waals surface area (Å²) in [7, 11) is 0. The summed E-state index contributed by atoms with van der Waals surface area (Å²) in [5.74, 6) is 1.07. The van der Waals surface area contributed by atoms with Crippen LogP contribution in [0.2, 0.25) is 0 Å². The zero-order valence-electron chi connectivity index (χ0n) is 12.1. The predicted molar refractivity (Wildman–Crippen MR) is 79.5 cm³/mol. The van der Waals surface area contributed by atoms with Crippen LogP contribution in [0.5, 0.6) is 0 Å². The molecule has 0 amide bonds. The van der Waals surface area contributed by atoms with Crippen molar-refractivity contribution in [1.82, 2.24) is 4.98 Å². The van der Waals surface area contributed by atoms with Gasteiger partial charge in [-0.1, -0.05) is 32.6 Å². The number of aliphatic hydroxyl groups excluding tert-OH is 1. The molecule has 0 unspecified atom stereocenters. The van der Waals surface area contributed by atoms with E-state index >= 15 is 0 Å². The van der Waals surface area contributed by atoms with Crippen molar-refractivity contribution in [1.29, 1.82) is 0 Å². The van der Waals surface area contributed by atoms with E-state index < -0.39 is 0 Å². The summed E-state index contributed by atoms with van der Waals surface area (Å²) < 4.78 is 0. The van der Waals surface area contributed by atoms with Crippen LogP contribution < -0.4 is 4.90 Å². The summed E-state index contributed by atoms with van der Waals surface area (Å²) >= 11 is 0. The Labute approximate surface area is 116 Å². The van der Waals surface area contributed by atoms with Gasteiger partial charge in [0.25, 0.3) is 0 Å². The minimum Gasteiger partial charge on any atom is -0.392 e. The van der Waals surface area contributed by atoms with E-state index in [9.17, 15) is 5.11 Å². The Morgan fingerprint density at radius 1 is 1.11 bits per heavy atom. The highest BCUT2D eigenvalue weighted by Crippen LogP contribution is 2.20. The van der Waals surface area contributed by atoms with Crippen molar-refractivity contribution in [3.8, 4) is 0 Å². The fourth-order valence-corrected chi connectivity index (χ4v) is 2.75. The molecule has 0 aromatic carbocycles. The molecule has 1 aromatic rings. The molecule has 106 valence electrons. The number of nitrogens with zero attached hydrogens (tertiary/aromatic N) is 2. The highest BCUT2D eigenvalue weighted by molar-refractivity contribution is 5.42. The van der Waals surface area contributed by atoms with E-state index in [4.69, 9.17) is 4.98 Å². The maximum atomic E-state index is 9.41. The van der Waals surface area contributed by atoms with Crippen LogP contribution in [0, 0.1) is 0 Å². The molecular formula is C16H26N2O.